The molecule has 0 fully saturated rings. The van der Waals surface area contributed by atoms with Gasteiger partial charge in [0.2, 0.25) is 5.89 Å². The van der Waals surface area contributed by atoms with Gasteiger partial charge in [-0.25, -0.2) is 4.98 Å². The zero-order valence-electron chi connectivity index (χ0n) is 12.7. The number of nitro benzene ring substituents is 1. The van der Waals surface area contributed by atoms with Gasteiger partial charge in [0.25, 0.3) is 11.6 Å². The molecule has 0 radical (unpaired) electrons. The minimum atomic E-state index is -0.642. The third-order valence-corrected chi connectivity index (χ3v) is 4.36. The first-order valence-corrected chi connectivity index (χ1v) is 8.15. The largest absolute Gasteiger partial charge is 0.444 e. The van der Waals surface area contributed by atoms with Gasteiger partial charge in [-0.2, -0.15) is 0 Å². The fourth-order valence-corrected chi connectivity index (χ4v) is 2.55. The number of aromatic nitrogens is 1. The number of hydrogen-bond donors (Lipinski definition) is 1. The highest BCUT2D eigenvalue weighted by Gasteiger charge is 2.17. The van der Waals surface area contributed by atoms with Crippen molar-refractivity contribution in [1.82, 2.24) is 4.98 Å². The summed E-state index contributed by atoms with van der Waals surface area (Å²) in [5.41, 5.74) is 0.413. The summed E-state index contributed by atoms with van der Waals surface area (Å²) >= 11 is 17.5. The van der Waals surface area contributed by atoms with Crippen LogP contribution >= 0.6 is 34.8 Å². The first-order chi connectivity index (χ1) is 12.3. The van der Waals surface area contributed by atoms with E-state index in [1.807, 2.05) is 0 Å². The molecule has 3 aromatic rings. The first kappa shape index (κ1) is 18.2. The summed E-state index contributed by atoms with van der Waals surface area (Å²) in [4.78, 5) is 26.6. The van der Waals surface area contributed by atoms with E-state index in [0.29, 0.717) is 15.6 Å². The van der Waals surface area contributed by atoms with Crippen LogP contribution < -0.4 is 5.32 Å². The second-order valence-electron chi connectivity index (χ2n) is 5.04. The molecule has 0 bridgehead atoms. The number of amides is 1. The van der Waals surface area contributed by atoms with E-state index < -0.39 is 10.8 Å². The van der Waals surface area contributed by atoms with Crippen molar-refractivity contribution in [2.45, 2.75) is 0 Å². The summed E-state index contributed by atoms with van der Waals surface area (Å²) in [6, 6.07) is 8.69. The molecular weight excluding hydrogens is 405 g/mol. The molecule has 0 aliphatic rings. The normalized spacial score (nSPS) is 10.6. The molecule has 3 rings (SSSR count). The van der Waals surface area contributed by atoms with Crippen LogP contribution in [0.15, 0.2) is 47.1 Å². The van der Waals surface area contributed by atoms with Crippen molar-refractivity contribution in [3.05, 3.63) is 73.5 Å². The molecule has 1 N–H and O–H groups in total. The Kier molecular flexibility index (Phi) is 5.13. The van der Waals surface area contributed by atoms with E-state index in [1.54, 1.807) is 18.2 Å². The monoisotopic (exact) mass is 411 g/mol. The predicted octanol–water partition coefficient (Wildman–Crippen LogP) is 5.46. The molecular formula is C16H8Cl3N3O4. The van der Waals surface area contributed by atoms with Gasteiger partial charge in [-0.15, -0.1) is 0 Å². The van der Waals surface area contributed by atoms with Gasteiger partial charge in [0, 0.05) is 17.3 Å². The summed E-state index contributed by atoms with van der Waals surface area (Å²) in [6.07, 6.45) is 1.16. The Balaban J connectivity index is 1.81. The van der Waals surface area contributed by atoms with Crippen molar-refractivity contribution in [3.63, 3.8) is 0 Å². The first-order valence-electron chi connectivity index (χ1n) is 7.01. The van der Waals surface area contributed by atoms with Crippen LogP contribution in [0.25, 0.3) is 11.5 Å². The molecule has 1 amide bonds. The topological polar surface area (TPSA) is 98.3 Å². The van der Waals surface area contributed by atoms with E-state index in [2.05, 4.69) is 10.3 Å². The van der Waals surface area contributed by atoms with Gasteiger partial charge in [0.1, 0.15) is 11.3 Å². The molecule has 132 valence electrons. The number of carbonyl (C=O) groups excluding carboxylic acids is 1. The van der Waals surface area contributed by atoms with Crippen LogP contribution in [0.5, 0.6) is 0 Å². The highest BCUT2D eigenvalue weighted by atomic mass is 35.5. The van der Waals surface area contributed by atoms with Gasteiger partial charge in [-0.05, 0) is 30.3 Å². The summed E-state index contributed by atoms with van der Waals surface area (Å²) in [5, 5.41) is 14.1. The van der Waals surface area contributed by atoms with Crippen molar-refractivity contribution in [1.29, 1.82) is 0 Å². The minimum Gasteiger partial charge on any atom is -0.444 e. The second-order valence-corrected chi connectivity index (χ2v) is 6.27. The molecule has 2 aromatic carbocycles. The average Bonchev–Trinajstić information content (AvgIpc) is 3.09. The van der Waals surface area contributed by atoms with Gasteiger partial charge >= 0.3 is 0 Å². The quantitative estimate of drug-likeness (QED) is 0.453. The molecule has 0 unspecified atom stereocenters. The molecule has 0 spiro atoms. The summed E-state index contributed by atoms with van der Waals surface area (Å²) in [6.45, 7) is 0. The number of oxazole rings is 1. The SMILES string of the molecule is O=C(Nc1ccc(Cl)c([N+](=O)[O-])c1)c1coc(-c2ccc(Cl)c(Cl)c2)n1. The van der Waals surface area contributed by atoms with Gasteiger partial charge < -0.3 is 9.73 Å². The fraction of sp³-hybridized carbons (Fsp3) is 0. The average molecular weight is 413 g/mol. The fourth-order valence-electron chi connectivity index (χ4n) is 2.07. The van der Waals surface area contributed by atoms with E-state index in [-0.39, 0.29) is 28.0 Å². The lowest BCUT2D eigenvalue weighted by Gasteiger charge is -2.03. The van der Waals surface area contributed by atoms with Crippen LogP contribution in [0, 0.1) is 10.1 Å². The second kappa shape index (κ2) is 7.33. The molecule has 7 nitrogen and oxygen atoms in total. The van der Waals surface area contributed by atoms with Gasteiger partial charge in [-0.1, -0.05) is 34.8 Å². The molecule has 10 heteroatoms. The van der Waals surface area contributed by atoms with Crippen molar-refractivity contribution in [2.75, 3.05) is 5.32 Å². The maximum absolute atomic E-state index is 12.3. The number of nitro groups is 1. The number of nitrogens with zero attached hydrogens (tertiary/aromatic N) is 2. The Bertz CT molecular complexity index is 1020. The lowest BCUT2D eigenvalue weighted by atomic mass is 10.2. The molecule has 1 aromatic heterocycles. The number of hydrogen-bond acceptors (Lipinski definition) is 5. The van der Waals surface area contributed by atoms with Gasteiger partial charge in [0.15, 0.2) is 5.69 Å². The van der Waals surface area contributed by atoms with E-state index in [0.717, 1.165) is 12.3 Å². The maximum Gasteiger partial charge on any atom is 0.289 e. The van der Waals surface area contributed by atoms with Crippen molar-refractivity contribution < 1.29 is 14.1 Å². The Labute approximate surface area is 161 Å². The zero-order valence-corrected chi connectivity index (χ0v) is 15.0. The number of anilines is 1. The summed E-state index contributed by atoms with van der Waals surface area (Å²) in [7, 11) is 0. The number of nitrogens with one attached hydrogen (secondary N) is 1. The Morgan fingerprint density at radius 1 is 1.08 bits per heavy atom. The van der Waals surface area contributed by atoms with E-state index in [9.17, 15) is 14.9 Å². The van der Waals surface area contributed by atoms with E-state index >= 15 is 0 Å². The Morgan fingerprint density at radius 2 is 1.81 bits per heavy atom. The highest BCUT2D eigenvalue weighted by molar-refractivity contribution is 6.42. The number of benzene rings is 2. The van der Waals surface area contributed by atoms with E-state index in [1.165, 1.54) is 12.1 Å². The molecule has 1 heterocycles. The van der Waals surface area contributed by atoms with Crippen LogP contribution in [0.2, 0.25) is 15.1 Å². The Morgan fingerprint density at radius 3 is 2.50 bits per heavy atom. The van der Waals surface area contributed by atoms with Crippen LogP contribution in [-0.2, 0) is 0 Å². The van der Waals surface area contributed by atoms with Crippen LogP contribution in [0.3, 0.4) is 0 Å². The number of rotatable bonds is 4. The summed E-state index contributed by atoms with van der Waals surface area (Å²) in [5.74, 6) is -0.424. The Hall–Kier alpha value is -2.61. The highest BCUT2D eigenvalue weighted by Crippen LogP contribution is 2.29. The van der Waals surface area contributed by atoms with Gasteiger partial charge in [0.05, 0.1) is 15.0 Å². The number of carbonyl (C=O) groups is 1. The van der Waals surface area contributed by atoms with Crippen molar-refractivity contribution >= 4 is 52.1 Å². The third-order valence-electron chi connectivity index (χ3n) is 3.30. The van der Waals surface area contributed by atoms with E-state index in [4.69, 9.17) is 39.2 Å². The number of halogens is 3. The smallest absolute Gasteiger partial charge is 0.289 e. The molecule has 0 aliphatic heterocycles. The van der Waals surface area contributed by atoms with Crippen molar-refractivity contribution in [3.8, 4) is 11.5 Å². The lowest BCUT2D eigenvalue weighted by Crippen LogP contribution is -2.12. The minimum absolute atomic E-state index is 0.0105. The summed E-state index contributed by atoms with van der Waals surface area (Å²) < 4.78 is 5.28. The van der Waals surface area contributed by atoms with Crippen LogP contribution in [0.1, 0.15) is 10.5 Å². The predicted molar refractivity (Wildman–Crippen MR) is 98.0 cm³/mol. The molecule has 0 saturated carbocycles. The van der Waals surface area contributed by atoms with Gasteiger partial charge in [-0.3, -0.25) is 14.9 Å². The molecule has 0 aliphatic carbocycles. The zero-order chi connectivity index (χ0) is 18.8. The standard InChI is InChI=1S/C16H8Cl3N3O4/c17-10-3-1-8(5-12(10)19)16-21-13(7-26-16)15(23)20-9-2-4-11(18)14(6-9)22(24)25/h1-7H,(H,20,23). The van der Waals surface area contributed by atoms with Crippen LogP contribution in [0.4, 0.5) is 11.4 Å². The molecule has 0 atom stereocenters. The third kappa shape index (κ3) is 3.80. The molecule has 0 saturated heterocycles. The van der Waals surface area contributed by atoms with Crippen LogP contribution in [-0.4, -0.2) is 15.8 Å². The maximum atomic E-state index is 12.3. The molecule has 26 heavy (non-hydrogen) atoms. The van der Waals surface area contributed by atoms with Crippen molar-refractivity contribution in [2.24, 2.45) is 0 Å². The lowest BCUT2D eigenvalue weighted by molar-refractivity contribution is -0.384.